The first-order valence-corrected chi connectivity index (χ1v) is 10.6. The Morgan fingerprint density at radius 3 is 2.56 bits per heavy atom. The molecule has 0 heterocycles. The predicted molar refractivity (Wildman–Crippen MR) is 109 cm³/mol. The summed E-state index contributed by atoms with van der Waals surface area (Å²) in [5.74, 6) is 1.38. The SMILES string of the molecule is CN=C(NCCS(=O)C(C)(C)C)NC(C)c1ccc2c(c1)CCCC2. The highest BCUT2D eigenvalue weighted by Crippen LogP contribution is 2.24. The van der Waals surface area contributed by atoms with Crippen LogP contribution in [-0.2, 0) is 23.6 Å². The van der Waals surface area contributed by atoms with Gasteiger partial charge in [-0.3, -0.25) is 9.20 Å². The molecule has 2 atom stereocenters. The van der Waals surface area contributed by atoms with Crippen LogP contribution >= 0.6 is 0 Å². The van der Waals surface area contributed by atoms with Crippen LogP contribution in [0.5, 0.6) is 0 Å². The molecule has 0 amide bonds. The summed E-state index contributed by atoms with van der Waals surface area (Å²) < 4.78 is 12.0. The molecule has 1 aliphatic carbocycles. The molecule has 1 aliphatic rings. The van der Waals surface area contributed by atoms with Crippen LogP contribution in [0, 0.1) is 0 Å². The largest absolute Gasteiger partial charge is 0.355 e. The Balaban J connectivity index is 1.89. The van der Waals surface area contributed by atoms with E-state index < -0.39 is 10.8 Å². The molecule has 0 aliphatic heterocycles. The van der Waals surface area contributed by atoms with Gasteiger partial charge in [-0.05, 0) is 70.1 Å². The highest BCUT2D eigenvalue weighted by atomic mass is 32.2. The maximum absolute atomic E-state index is 12.1. The Bertz CT molecular complexity index is 634. The van der Waals surface area contributed by atoms with Crippen molar-refractivity contribution >= 4 is 16.8 Å². The van der Waals surface area contributed by atoms with E-state index in [1.54, 1.807) is 7.05 Å². The van der Waals surface area contributed by atoms with Crippen LogP contribution in [0.3, 0.4) is 0 Å². The standard InChI is InChI=1S/C20H33N3OS/c1-15(17-11-10-16-8-6-7-9-18(16)14-17)23-19(21-5)22-12-13-25(24)20(2,3)4/h10-11,14-15H,6-9,12-13H2,1-5H3,(H2,21,22,23). The van der Waals surface area contributed by atoms with Gasteiger partial charge in [-0.15, -0.1) is 0 Å². The highest BCUT2D eigenvalue weighted by Gasteiger charge is 2.19. The third-order valence-electron chi connectivity index (χ3n) is 4.71. The molecule has 0 aromatic heterocycles. The second-order valence-corrected chi connectivity index (χ2v) is 10.1. The lowest BCUT2D eigenvalue weighted by Gasteiger charge is -2.22. The van der Waals surface area contributed by atoms with Gasteiger partial charge in [-0.1, -0.05) is 18.2 Å². The number of aliphatic imine (C=N–C) groups is 1. The van der Waals surface area contributed by atoms with Crippen molar-refractivity contribution in [2.45, 2.75) is 64.2 Å². The minimum Gasteiger partial charge on any atom is -0.355 e. The van der Waals surface area contributed by atoms with Gasteiger partial charge in [0.05, 0.1) is 6.04 Å². The number of aryl methyl sites for hydroxylation is 2. The molecule has 0 radical (unpaired) electrons. The van der Waals surface area contributed by atoms with Crippen molar-refractivity contribution in [2.24, 2.45) is 4.99 Å². The van der Waals surface area contributed by atoms with Crippen molar-refractivity contribution in [3.8, 4) is 0 Å². The lowest BCUT2D eigenvalue weighted by Crippen LogP contribution is -2.41. The Kier molecular flexibility index (Phi) is 7.05. The fraction of sp³-hybridized carbons (Fsp3) is 0.650. The van der Waals surface area contributed by atoms with Crippen molar-refractivity contribution in [1.82, 2.24) is 10.6 Å². The van der Waals surface area contributed by atoms with E-state index in [4.69, 9.17) is 0 Å². The lowest BCUT2D eigenvalue weighted by atomic mass is 9.89. The number of benzene rings is 1. The predicted octanol–water partition coefficient (Wildman–Crippen LogP) is 3.34. The first-order chi connectivity index (χ1) is 11.8. The lowest BCUT2D eigenvalue weighted by molar-refractivity contribution is 0.645. The van der Waals surface area contributed by atoms with Crippen LogP contribution in [0.15, 0.2) is 23.2 Å². The van der Waals surface area contributed by atoms with E-state index in [2.05, 4.69) is 40.7 Å². The molecular weight excluding hydrogens is 330 g/mol. The molecule has 140 valence electrons. The van der Waals surface area contributed by atoms with Gasteiger partial charge < -0.3 is 10.6 Å². The first kappa shape index (κ1) is 20.0. The molecule has 2 N–H and O–H groups in total. The Morgan fingerprint density at radius 1 is 1.24 bits per heavy atom. The summed E-state index contributed by atoms with van der Waals surface area (Å²) in [5, 5.41) is 6.72. The van der Waals surface area contributed by atoms with Gasteiger partial charge in [0.25, 0.3) is 0 Å². The molecule has 0 bridgehead atoms. The van der Waals surface area contributed by atoms with Crippen LogP contribution in [-0.4, -0.2) is 34.3 Å². The zero-order chi connectivity index (χ0) is 18.4. The maximum Gasteiger partial charge on any atom is 0.191 e. The Labute approximate surface area is 155 Å². The van der Waals surface area contributed by atoms with Crippen LogP contribution in [0.4, 0.5) is 0 Å². The van der Waals surface area contributed by atoms with Crippen molar-refractivity contribution in [2.75, 3.05) is 19.3 Å². The van der Waals surface area contributed by atoms with E-state index in [1.165, 1.54) is 42.4 Å². The maximum atomic E-state index is 12.1. The second-order valence-electron chi connectivity index (χ2n) is 7.76. The summed E-state index contributed by atoms with van der Waals surface area (Å²) in [5.41, 5.74) is 4.30. The third kappa shape index (κ3) is 5.84. The normalized spacial score (nSPS) is 17.6. The highest BCUT2D eigenvalue weighted by molar-refractivity contribution is 7.86. The number of hydrogen-bond donors (Lipinski definition) is 2. The van der Waals surface area contributed by atoms with E-state index >= 15 is 0 Å². The van der Waals surface area contributed by atoms with Gasteiger partial charge in [-0.25, -0.2) is 0 Å². The fourth-order valence-electron chi connectivity index (χ4n) is 3.07. The smallest absolute Gasteiger partial charge is 0.191 e. The fourth-order valence-corrected chi connectivity index (χ4v) is 3.97. The van der Waals surface area contributed by atoms with Gasteiger partial charge in [-0.2, -0.15) is 0 Å². The monoisotopic (exact) mass is 363 g/mol. The van der Waals surface area contributed by atoms with Crippen LogP contribution in [0.25, 0.3) is 0 Å². The number of rotatable bonds is 5. The molecule has 1 aromatic carbocycles. The average Bonchev–Trinajstić information content (AvgIpc) is 2.59. The number of nitrogens with zero attached hydrogens (tertiary/aromatic N) is 1. The summed E-state index contributed by atoms with van der Waals surface area (Å²) in [4.78, 5) is 4.30. The van der Waals surface area contributed by atoms with Gasteiger partial charge >= 0.3 is 0 Å². The summed E-state index contributed by atoms with van der Waals surface area (Å²) >= 11 is 0. The minimum absolute atomic E-state index is 0.172. The van der Waals surface area contributed by atoms with Crippen LogP contribution in [0.2, 0.25) is 0 Å². The van der Waals surface area contributed by atoms with Gasteiger partial charge in [0.2, 0.25) is 0 Å². The molecule has 0 spiro atoms. The zero-order valence-electron chi connectivity index (χ0n) is 16.3. The van der Waals surface area contributed by atoms with Crippen molar-refractivity contribution < 1.29 is 4.21 Å². The van der Waals surface area contributed by atoms with Crippen molar-refractivity contribution in [3.05, 3.63) is 34.9 Å². The topological polar surface area (TPSA) is 53.5 Å². The molecule has 0 fully saturated rings. The van der Waals surface area contributed by atoms with Crippen molar-refractivity contribution in [3.63, 3.8) is 0 Å². The summed E-state index contributed by atoms with van der Waals surface area (Å²) in [6, 6.07) is 7.04. The summed E-state index contributed by atoms with van der Waals surface area (Å²) in [6.45, 7) is 8.84. The number of fused-ring (bicyclic) bond motifs is 1. The van der Waals surface area contributed by atoms with Crippen LogP contribution in [0.1, 0.15) is 63.3 Å². The molecule has 0 saturated carbocycles. The van der Waals surface area contributed by atoms with Gasteiger partial charge in [0.15, 0.2) is 5.96 Å². The molecule has 5 heteroatoms. The third-order valence-corrected chi connectivity index (χ3v) is 6.65. The number of hydrogen-bond acceptors (Lipinski definition) is 2. The summed E-state index contributed by atoms with van der Waals surface area (Å²) in [6.07, 6.45) is 5.02. The number of guanidine groups is 1. The Hall–Kier alpha value is -1.36. The Morgan fingerprint density at radius 2 is 1.92 bits per heavy atom. The molecule has 0 saturated heterocycles. The molecule has 2 rings (SSSR count). The van der Waals surface area contributed by atoms with Crippen LogP contribution < -0.4 is 10.6 Å². The zero-order valence-corrected chi connectivity index (χ0v) is 17.1. The average molecular weight is 364 g/mol. The molecule has 2 unspecified atom stereocenters. The first-order valence-electron chi connectivity index (χ1n) is 9.28. The van der Waals surface area contributed by atoms with E-state index in [1.807, 2.05) is 20.8 Å². The molecular formula is C20H33N3OS. The summed E-state index contributed by atoms with van der Waals surface area (Å²) in [7, 11) is 0.922. The van der Waals surface area contributed by atoms with Gasteiger partial charge in [0, 0.05) is 34.9 Å². The molecule has 25 heavy (non-hydrogen) atoms. The molecule has 1 aromatic rings. The number of nitrogens with one attached hydrogen (secondary N) is 2. The van der Waals surface area contributed by atoms with Gasteiger partial charge in [0.1, 0.15) is 0 Å². The van der Waals surface area contributed by atoms with E-state index in [-0.39, 0.29) is 10.8 Å². The van der Waals surface area contributed by atoms with Crippen molar-refractivity contribution in [1.29, 1.82) is 0 Å². The molecule has 4 nitrogen and oxygen atoms in total. The minimum atomic E-state index is -0.851. The quantitative estimate of drug-likeness (QED) is 0.623. The van der Waals surface area contributed by atoms with E-state index in [0.29, 0.717) is 12.3 Å². The van der Waals surface area contributed by atoms with E-state index in [0.717, 1.165) is 5.96 Å². The van der Waals surface area contributed by atoms with E-state index in [9.17, 15) is 4.21 Å². The second kappa shape index (κ2) is 8.84.